The Balaban J connectivity index is 1.59. The Morgan fingerprint density at radius 1 is 1.19 bits per heavy atom. The molecule has 2 heterocycles. The molecule has 1 aromatic carbocycles. The fraction of sp³-hybridized carbons (Fsp3) is 0.455. The average Bonchev–Trinajstić information content (AvgIpc) is 3.16. The number of hydrogen-bond acceptors (Lipinski definition) is 5. The predicted octanol–water partition coefficient (Wildman–Crippen LogP) is 3.64. The number of nitrogens with zero attached hydrogens (tertiary/aromatic N) is 5. The molecule has 0 bridgehead atoms. The summed E-state index contributed by atoms with van der Waals surface area (Å²) in [5.74, 6) is -1.45. The minimum atomic E-state index is -4.64. The number of anilines is 1. The van der Waals surface area contributed by atoms with Gasteiger partial charge in [-0.15, -0.1) is 5.10 Å². The van der Waals surface area contributed by atoms with Crippen LogP contribution >= 0.6 is 0 Å². The van der Waals surface area contributed by atoms with E-state index in [4.69, 9.17) is 0 Å². The monoisotopic (exact) mass is 448 g/mol. The fourth-order valence-corrected chi connectivity index (χ4v) is 3.64. The van der Waals surface area contributed by atoms with Gasteiger partial charge in [-0.1, -0.05) is 12.1 Å². The lowest BCUT2D eigenvalue weighted by Gasteiger charge is -2.23. The van der Waals surface area contributed by atoms with Crippen molar-refractivity contribution in [3.05, 3.63) is 52.6 Å². The second kappa shape index (κ2) is 9.54. The molecule has 0 radical (unpaired) electrons. The molecular weight excluding hydrogens is 421 g/mol. The van der Waals surface area contributed by atoms with Gasteiger partial charge in [0.15, 0.2) is 0 Å². The summed E-state index contributed by atoms with van der Waals surface area (Å²) in [6.07, 6.45) is -4.09. The molecule has 1 amide bonds. The van der Waals surface area contributed by atoms with Crippen molar-refractivity contribution >= 4 is 17.4 Å². The number of alkyl halides is 3. The number of hydrogen-bond donors (Lipinski definition) is 1. The van der Waals surface area contributed by atoms with E-state index in [-0.39, 0.29) is 18.1 Å². The molecule has 0 atom stereocenters. The average molecular weight is 448 g/mol. The van der Waals surface area contributed by atoms with Crippen LogP contribution in [0.5, 0.6) is 0 Å². The van der Waals surface area contributed by atoms with Gasteiger partial charge < -0.3 is 10.2 Å². The third kappa shape index (κ3) is 5.35. The summed E-state index contributed by atoms with van der Waals surface area (Å²) in [4.78, 5) is 22.2. The second-order valence-electron chi connectivity index (χ2n) is 7.67. The Morgan fingerprint density at radius 2 is 1.94 bits per heavy atom. The number of aryl methyl sites for hydroxylation is 3. The lowest BCUT2D eigenvalue weighted by Crippen LogP contribution is -2.35. The van der Waals surface area contributed by atoms with Crippen LogP contribution in [0.25, 0.3) is 5.78 Å². The Morgan fingerprint density at radius 3 is 2.59 bits per heavy atom. The zero-order valence-corrected chi connectivity index (χ0v) is 18.6. The highest BCUT2D eigenvalue weighted by molar-refractivity contribution is 5.76. The van der Waals surface area contributed by atoms with Crippen molar-refractivity contribution < 1.29 is 18.0 Å². The number of amides is 1. The molecule has 32 heavy (non-hydrogen) atoms. The Hall–Kier alpha value is -3.17. The van der Waals surface area contributed by atoms with Gasteiger partial charge in [0.05, 0.1) is 0 Å². The van der Waals surface area contributed by atoms with Crippen LogP contribution in [0.4, 0.5) is 18.9 Å². The summed E-state index contributed by atoms with van der Waals surface area (Å²) in [5, 5.41) is 6.46. The molecule has 1 N–H and O–H groups in total. The van der Waals surface area contributed by atoms with Gasteiger partial charge in [0, 0.05) is 43.1 Å². The quantitative estimate of drug-likeness (QED) is 0.570. The highest BCUT2D eigenvalue weighted by Gasteiger charge is 2.36. The van der Waals surface area contributed by atoms with Crippen molar-refractivity contribution in [2.45, 2.75) is 46.7 Å². The SMILES string of the molecule is CCN(CCNC(=O)CCc1c(C)nc2nc(C(F)(F)F)nn2c1C)c1cccc(C)c1. The molecule has 0 aliphatic carbocycles. The van der Waals surface area contributed by atoms with E-state index in [1.807, 2.05) is 25.1 Å². The summed E-state index contributed by atoms with van der Waals surface area (Å²) in [7, 11) is 0. The molecule has 0 saturated heterocycles. The van der Waals surface area contributed by atoms with E-state index >= 15 is 0 Å². The van der Waals surface area contributed by atoms with E-state index in [0.717, 1.165) is 16.7 Å². The number of halogens is 3. The number of likely N-dealkylation sites (N-methyl/N-ethyl adjacent to an activating group) is 1. The molecule has 172 valence electrons. The number of aromatic nitrogens is 4. The van der Waals surface area contributed by atoms with Crippen LogP contribution in [-0.2, 0) is 17.4 Å². The molecule has 3 rings (SSSR count). The first-order chi connectivity index (χ1) is 15.1. The van der Waals surface area contributed by atoms with Gasteiger partial charge in [0.1, 0.15) is 0 Å². The minimum Gasteiger partial charge on any atom is -0.370 e. The van der Waals surface area contributed by atoms with Crippen LogP contribution < -0.4 is 10.2 Å². The number of rotatable bonds is 8. The fourth-order valence-electron chi connectivity index (χ4n) is 3.64. The smallest absolute Gasteiger partial charge is 0.370 e. The highest BCUT2D eigenvalue weighted by atomic mass is 19.4. The first-order valence-electron chi connectivity index (χ1n) is 10.5. The topological polar surface area (TPSA) is 75.4 Å². The molecule has 0 fully saturated rings. The van der Waals surface area contributed by atoms with Crippen LogP contribution in [0.2, 0.25) is 0 Å². The maximum atomic E-state index is 12.9. The first-order valence-corrected chi connectivity index (χ1v) is 10.5. The predicted molar refractivity (Wildman–Crippen MR) is 116 cm³/mol. The Kier molecular flexibility index (Phi) is 7.00. The molecule has 0 spiro atoms. The maximum absolute atomic E-state index is 12.9. The number of carbonyl (C=O) groups is 1. The normalized spacial score (nSPS) is 11.7. The lowest BCUT2D eigenvalue weighted by molar-refractivity contribution is -0.144. The van der Waals surface area contributed by atoms with Crippen LogP contribution in [0, 0.1) is 20.8 Å². The molecule has 0 aliphatic rings. The first kappa shape index (κ1) is 23.5. The zero-order valence-electron chi connectivity index (χ0n) is 18.6. The highest BCUT2D eigenvalue weighted by Crippen LogP contribution is 2.27. The summed E-state index contributed by atoms with van der Waals surface area (Å²) >= 11 is 0. The number of benzene rings is 1. The molecular formula is C22H27F3N6O. The number of fused-ring (bicyclic) bond motifs is 1. The third-order valence-corrected chi connectivity index (χ3v) is 5.36. The molecule has 3 aromatic rings. The molecule has 0 unspecified atom stereocenters. The van der Waals surface area contributed by atoms with E-state index in [1.165, 1.54) is 5.56 Å². The van der Waals surface area contributed by atoms with Crippen molar-refractivity contribution in [2.24, 2.45) is 0 Å². The zero-order chi connectivity index (χ0) is 23.5. The van der Waals surface area contributed by atoms with Crippen LogP contribution in [0.15, 0.2) is 24.3 Å². The van der Waals surface area contributed by atoms with Gasteiger partial charge in [-0.05, 0) is 57.4 Å². The molecule has 7 nitrogen and oxygen atoms in total. The van der Waals surface area contributed by atoms with Crippen molar-refractivity contribution in [2.75, 3.05) is 24.5 Å². The van der Waals surface area contributed by atoms with E-state index in [2.05, 4.69) is 38.3 Å². The number of nitrogens with one attached hydrogen (secondary N) is 1. The van der Waals surface area contributed by atoms with E-state index in [9.17, 15) is 18.0 Å². The molecule has 2 aromatic heterocycles. The number of carbonyl (C=O) groups excluding carboxylic acids is 1. The maximum Gasteiger partial charge on any atom is 0.453 e. The van der Waals surface area contributed by atoms with Gasteiger partial charge in [0.2, 0.25) is 5.91 Å². The van der Waals surface area contributed by atoms with E-state index < -0.39 is 12.0 Å². The minimum absolute atomic E-state index is 0.101. The molecule has 0 saturated carbocycles. The summed E-state index contributed by atoms with van der Waals surface area (Å²) in [5.41, 5.74) is 4.02. The van der Waals surface area contributed by atoms with Crippen LogP contribution in [-0.4, -0.2) is 45.1 Å². The van der Waals surface area contributed by atoms with E-state index in [1.54, 1.807) is 13.8 Å². The van der Waals surface area contributed by atoms with Crippen molar-refractivity contribution in [3.63, 3.8) is 0 Å². The van der Waals surface area contributed by atoms with Gasteiger partial charge in [0.25, 0.3) is 11.6 Å². The van der Waals surface area contributed by atoms with Gasteiger partial charge in [-0.25, -0.2) is 9.50 Å². The van der Waals surface area contributed by atoms with Crippen molar-refractivity contribution in [1.29, 1.82) is 0 Å². The van der Waals surface area contributed by atoms with Crippen LogP contribution in [0.1, 0.15) is 41.7 Å². The second-order valence-corrected chi connectivity index (χ2v) is 7.67. The summed E-state index contributed by atoms with van der Waals surface area (Å²) in [6.45, 7) is 9.45. The Bertz CT molecular complexity index is 1110. The largest absolute Gasteiger partial charge is 0.453 e. The molecule has 10 heteroatoms. The van der Waals surface area contributed by atoms with Crippen LogP contribution in [0.3, 0.4) is 0 Å². The van der Waals surface area contributed by atoms with Gasteiger partial charge in [-0.2, -0.15) is 18.2 Å². The van der Waals surface area contributed by atoms with Crippen molar-refractivity contribution in [1.82, 2.24) is 24.9 Å². The summed E-state index contributed by atoms with van der Waals surface area (Å²) in [6, 6.07) is 8.20. The van der Waals surface area contributed by atoms with E-state index in [0.29, 0.717) is 36.5 Å². The van der Waals surface area contributed by atoms with Crippen molar-refractivity contribution in [3.8, 4) is 0 Å². The molecule has 0 aliphatic heterocycles. The third-order valence-electron chi connectivity index (χ3n) is 5.36. The Labute approximate surface area is 184 Å². The van der Waals surface area contributed by atoms with Gasteiger partial charge >= 0.3 is 6.18 Å². The lowest BCUT2D eigenvalue weighted by atomic mass is 10.1. The standard InChI is InChI=1S/C22H27F3N6O/c1-5-30(17-8-6-7-14(2)13-17)12-11-26-19(32)10-9-18-15(3)27-21-28-20(22(23,24)25)29-31(21)16(18)4/h6-8,13H,5,9-12H2,1-4H3,(H,26,32). The van der Waals surface area contributed by atoms with Gasteiger partial charge in [-0.3, -0.25) is 4.79 Å². The summed E-state index contributed by atoms with van der Waals surface area (Å²) < 4.78 is 39.8.